The molecule has 0 aliphatic rings. The molecule has 0 atom stereocenters. The van der Waals surface area contributed by atoms with E-state index in [4.69, 9.17) is 0 Å². The van der Waals surface area contributed by atoms with E-state index in [-0.39, 0.29) is 0 Å². The van der Waals surface area contributed by atoms with E-state index in [9.17, 15) is 8.42 Å². The third-order valence-corrected chi connectivity index (χ3v) is 5.10. The molecule has 1 aromatic rings. The fraction of sp³-hybridized carbons (Fsp3) is 0.571. The summed E-state index contributed by atoms with van der Waals surface area (Å²) in [5.74, 6) is 0. The number of nitrogens with zero attached hydrogens (tertiary/aromatic N) is 2. The van der Waals surface area contributed by atoms with Crippen LogP contribution in [-0.4, -0.2) is 51.3 Å². The van der Waals surface area contributed by atoms with Gasteiger partial charge in [-0.3, -0.25) is 0 Å². The summed E-state index contributed by atoms with van der Waals surface area (Å²) in [6.45, 7) is 3.72. The minimum absolute atomic E-state index is 0.388. The first-order valence-corrected chi connectivity index (χ1v) is 8.15. The number of hydrogen-bond donors (Lipinski definition) is 1. The zero-order valence-corrected chi connectivity index (χ0v) is 13.6. The van der Waals surface area contributed by atoms with Gasteiger partial charge in [-0.25, -0.2) is 0 Å². The highest BCUT2D eigenvalue weighted by atomic mass is 32.2. The van der Waals surface area contributed by atoms with Gasteiger partial charge in [0.15, 0.2) is 0 Å². The Morgan fingerprint density at radius 3 is 2.25 bits per heavy atom. The van der Waals surface area contributed by atoms with Gasteiger partial charge in [-0.05, 0) is 32.5 Å². The van der Waals surface area contributed by atoms with Crippen LogP contribution in [0.1, 0.15) is 17.5 Å². The van der Waals surface area contributed by atoms with Crippen LogP contribution in [0.15, 0.2) is 24.3 Å². The SMILES string of the molecule is CNCCCN(C)S(=O)(=O)N(C)Cc1ccc(C)cc1. The van der Waals surface area contributed by atoms with Crippen molar-refractivity contribution in [1.82, 2.24) is 13.9 Å². The molecule has 20 heavy (non-hydrogen) atoms. The molecule has 0 amide bonds. The summed E-state index contributed by atoms with van der Waals surface area (Å²) in [7, 11) is 1.71. The summed E-state index contributed by atoms with van der Waals surface area (Å²) in [5.41, 5.74) is 2.16. The molecule has 0 bridgehead atoms. The molecule has 0 aliphatic heterocycles. The zero-order valence-electron chi connectivity index (χ0n) is 12.8. The molecule has 0 fully saturated rings. The first kappa shape index (κ1) is 17.1. The second-order valence-corrected chi connectivity index (χ2v) is 7.17. The zero-order chi connectivity index (χ0) is 15.2. The number of nitrogens with one attached hydrogen (secondary N) is 1. The van der Waals surface area contributed by atoms with Crippen molar-refractivity contribution in [3.8, 4) is 0 Å². The van der Waals surface area contributed by atoms with Crippen LogP contribution >= 0.6 is 0 Å². The topological polar surface area (TPSA) is 52.7 Å². The first-order chi connectivity index (χ1) is 9.37. The van der Waals surface area contributed by atoms with Crippen molar-refractivity contribution in [2.45, 2.75) is 19.9 Å². The predicted octanol–water partition coefficient (Wildman–Crippen LogP) is 1.21. The molecule has 1 aromatic carbocycles. The molecule has 0 unspecified atom stereocenters. The van der Waals surface area contributed by atoms with Crippen molar-refractivity contribution in [2.24, 2.45) is 0 Å². The van der Waals surface area contributed by atoms with Crippen molar-refractivity contribution < 1.29 is 8.42 Å². The number of benzene rings is 1. The second kappa shape index (κ2) is 7.73. The summed E-state index contributed by atoms with van der Waals surface area (Å²) in [5, 5.41) is 3.01. The van der Waals surface area contributed by atoms with Crippen molar-refractivity contribution >= 4 is 10.2 Å². The molecule has 0 heterocycles. The van der Waals surface area contributed by atoms with E-state index in [1.165, 1.54) is 14.2 Å². The highest BCUT2D eigenvalue weighted by Gasteiger charge is 2.23. The molecule has 5 nitrogen and oxygen atoms in total. The fourth-order valence-electron chi connectivity index (χ4n) is 1.86. The molecule has 0 spiro atoms. The van der Waals surface area contributed by atoms with Gasteiger partial charge in [-0.15, -0.1) is 0 Å². The molecule has 1 N–H and O–H groups in total. The van der Waals surface area contributed by atoms with Crippen LogP contribution in [0.3, 0.4) is 0 Å². The lowest BCUT2D eigenvalue weighted by Gasteiger charge is -2.24. The van der Waals surface area contributed by atoms with Crippen LogP contribution in [0.5, 0.6) is 0 Å². The Balaban J connectivity index is 2.64. The largest absolute Gasteiger partial charge is 0.320 e. The van der Waals surface area contributed by atoms with Gasteiger partial charge in [0.25, 0.3) is 10.2 Å². The maximum atomic E-state index is 12.3. The van der Waals surface area contributed by atoms with E-state index in [0.29, 0.717) is 13.1 Å². The van der Waals surface area contributed by atoms with Crippen molar-refractivity contribution in [1.29, 1.82) is 0 Å². The number of hydrogen-bond acceptors (Lipinski definition) is 3. The summed E-state index contributed by atoms with van der Waals surface area (Å²) < 4.78 is 27.4. The predicted molar refractivity (Wildman–Crippen MR) is 82.7 cm³/mol. The van der Waals surface area contributed by atoms with Gasteiger partial charge < -0.3 is 5.32 Å². The Hall–Kier alpha value is -0.950. The average molecular weight is 299 g/mol. The molecular weight excluding hydrogens is 274 g/mol. The fourth-order valence-corrected chi connectivity index (χ4v) is 3.01. The van der Waals surface area contributed by atoms with Crippen LogP contribution in [0.2, 0.25) is 0 Å². The van der Waals surface area contributed by atoms with Crippen LogP contribution in [0.4, 0.5) is 0 Å². The Morgan fingerprint density at radius 2 is 1.70 bits per heavy atom. The Labute approximate surface area is 122 Å². The standard InChI is InChI=1S/C14H25N3O2S/c1-13-6-8-14(9-7-13)12-17(4)20(18,19)16(3)11-5-10-15-2/h6-9,15H,5,10-12H2,1-4H3. The molecule has 0 radical (unpaired) electrons. The van der Waals surface area contributed by atoms with Gasteiger partial charge in [0, 0.05) is 27.2 Å². The summed E-state index contributed by atoms with van der Waals surface area (Å²) >= 11 is 0. The molecule has 6 heteroatoms. The monoisotopic (exact) mass is 299 g/mol. The quantitative estimate of drug-likeness (QED) is 0.734. The highest BCUT2D eigenvalue weighted by molar-refractivity contribution is 7.86. The Kier molecular flexibility index (Phi) is 6.61. The molecule has 0 saturated heterocycles. The normalized spacial score (nSPS) is 12.3. The Bertz CT molecular complexity index is 500. The van der Waals surface area contributed by atoms with E-state index in [1.54, 1.807) is 14.1 Å². The van der Waals surface area contributed by atoms with E-state index < -0.39 is 10.2 Å². The van der Waals surface area contributed by atoms with E-state index in [1.807, 2.05) is 38.2 Å². The molecular formula is C14H25N3O2S. The van der Waals surface area contributed by atoms with Crippen molar-refractivity contribution in [3.05, 3.63) is 35.4 Å². The molecule has 114 valence electrons. The van der Waals surface area contributed by atoms with Crippen LogP contribution in [0.25, 0.3) is 0 Å². The maximum absolute atomic E-state index is 12.3. The van der Waals surface area contributed by atoms with Crippen molar-refractivity contribution in [2.75, 3.05) is 34.2 Å². The van der Waals surface area contributed by atoms with Gasteiger partial charge in [0.1, 0.15) is 0 Å². The highest BCUT2D eigenvalue weighted by Crippen LogP contribution is 2.11. The van der Waals surface area contributed by atoms with Gasteiger partial charge in [-0.2, -0.15) is 17.0 Å². The smallest absolute Gasteiger partial charge is 0.281 e. The maximum Gasteiger partial charge on any atom is 0.281 e. The number of rotatable bonds is 8. The summed E-state index contributed by atoms with van der Waals surface area (Å²) in [4.78, 5) is 0. The molecule has 1 rings (SSSR count). The summed E-state index contributed by atoms with van der Waals surface area (Å²) in [6, 6.07) is 7.91. The average Bonchev–Trinajstić information content (AvgIpc) is 2.41. The van der Waals surface area contributed by atoms with Crippen LogP contribution in [-0.2, 0) is 16.8 Å². The van der Waals surface area contributed by atoms with E-state index in [0.717, 1.165) is 18.5 Å². The minimum Gasteiger partial charge on any atom is -0.320 e. The third-order valence-electron chi connectivity index (χ3n) is 3.21. The lowest BCUT2D eigenvalue weighted by Crippen LogP contribution is -2.40. The molecule has 0 saturated carbocycles. The minimum atomic E-state index is -3.39. The Morgan fingerprint density at radius 1 is 1.10 bits per heavy atom. The van der Waals surface area contributed by atoms with Gasteiger partial charge in [-0.1, -0.05) is 29.8 Å². The molecule has 0 aliphatic carbocycles. The van der Waals surface area contributed by atoms with Gasteiger partial charge >= 0.3 is 0 Å². The van der Waals surface area contributed by atoms with Gasteiger partial charge in [0.05, 0.1) is 0 Å². The summed E-state index contributed by atoms with van der Waals surface area (Å²) in [6.07, 6.45) is 0.796. The van der Waals surface area contributed by atoms with E-state index in [2.05, 4.69) is 5.32 Å². The third kappa shape index (κ3) is 4.86. The lowest BCUT2D eigenvalue weighted by molar-refractivity contribution is 0.385. The van der Waals surface area contributed by atoms with Gasteiger partial charge in [0.2, 0.25) is 0 Å². The van der Waals surface area contributed by atoms with Crippen LogP contribution in [0, 0.1) is 6.92 Å². The first-order valence-electron chi connectivity index (χ1n) is 6.75. The second-order valence-electron chi connectivity index (χ2n) is 5.03. The van der Waals surface area contributed by atoms with Crippen molar-refractivity contribution in [3.63, 3.8) is 0 Å². The lowest BCUT2D eigenvalue weighted by atomic mass is 10.1. The number of aryl methyl sites for hydroxylation is 1. The van der Waals surface area contributed by atoms with Crippen LogP contribution < -0.4 is 5.32 Å². The molecule has 0 aromatic heterocycles. The van der Waals surface area contributed by atoms with E-state index >= 15 is 0 Å².